The van der Waals surface area contributed by atoms with Crippen LogP contribution in [0.2, 0.25) is 0 Å². The zero-order valence-corrected chi connectivity index (χ0v) is 15.3. The molecule has 0 spiro atoms. The number of nitrogens with two attached hydrogens (primary N) is 2. The molecule has 0 aromatic heterocycles. The van der Waals surface area contributed by atoms with Gasteiger partial charge >= 0.3 is 6.18 Å². The molecule has 0 saturated carbocycles. The quantitative estimate of drug-likeness (QED) is 0.349. The molecule has 3 aromatic rings. The molecule has 0 unspecified atom stereocenters. The summed E-state index contributed by atoms with van der Waals surface area (Å²) in [4.78, 5) is 0. The molecule has 0 aliphatic carbocycles. The minimum Gasteiger partial charge on any atom is -0.447 e. The standard InChI is InChI=1S/C19H9F9N2O2/c20-7-1-3-10(29)12(23)16(7)31-15-6(19(26,27)28)5-9(22)18(14(15)25)32-17-8(21)2-4-11(30)13(17)24/h1-5H,29-30H2. The molecular formula is C19H9F9N2O2. The van der Waals surface area contributed by atoms with Crippen molar-refractivity contribution in [1.82, 2.24) is 0 Å². The third-order valence-electron chi connectivity index (χ3n) is 4.00. The molecule has 32 heavy (non-hydrogen) atoms. The fourth-order valence-corrected chi connectivity index (χ4v) is 2.47. The Hall–Kier alpha value is -3.77. The van der Waals surface area contributed by atoms with Crippen molar-refractivity contribution < 1.29 is 49.0 Å². The average molecular weight is 468 g/mol. The maximum atomic E-state index is 14.9. The second-order valence-corrected chi connectivity index (χ2v) is 6.14. The first-order chi connectivity index (χ1) is 14.8. The van der Waals surface area contributed by atoms with Gasteiger partial charge in [-0.15, -0.1) is 0 Å². The Bertz CT molecular complexity index is 1210. The van der Waals surface area contributed by atoms with Crippen LogP contribution in [0.25, 0.3) is 0 Å². The molecule has 4 N–H and O–H groups in total. The molecule has 0 radical (unpaired) electrons. The van der Waals surface area contributed by atoms with Gasteiger partial charge in [0, 0.05) is 0 Å². The van der Waals surface area contributed by atoms with Crippen molar-refractivity contribution in [3.05, 3.63) is 70.8 Å². The fourth-order valence-electron chi connectivity index (χ4n) is 2.47. The smallest absolute Gasteiger partial charge is 0.420 e. The van der Waals surface area contributed by atoms with Crippen LogP contribution in [0.4, 0.5) is 50.9 Å². The van der Waals surface area contributed by atoms with Gasteiger partial charge in [-0.05, 0) is 30.3 Å². The first-order valence-corrected chi connectivity index (χ1v) is 8.24. The number of anilines is 2. The molecule has 0 saturated heterocycles. The lowest BCUT2D eigenvalue weighted by molar-refractivity contribution is -0.139. The minimum atomic E-state index is -5.49. The summed E-state index contributed by atoms with van der Waals surface area (Å²) in [5, 5.41) is 0. The molecule has 3 rings (SSSR count). The highest BCUT2D eigenvalue weighted by molar-refractivity contribution is 5.53. The van der Waals surface area contributed by atoms with Gasteiger partial charge in [-0.1, -0.05) is 0 Å². The number of nitrogen functional groups attached to an aromatic ring is 2. The summed E-state index contributed by atoms with van der Waals surface area (Å²) >= 11 is 0. The highest BCUT2D eigenvalue weighted by Crippen LogP contribution is 2.46. The van der Waals surface area contributed by atoms with Gasteiger partial charge in [0.1, 0.15) is 5.56 Å². The van der Waals surface area contributed by atoms with Gasteiger partial charge in [-0.25, -0.2) is 22.0 Å². The molecule has 0 atom stereocenters. The molecule has 0 fully saturated rings. The topological polar surface area (TPSA) is 70.5 Å². The predicted octanol–water partition coefficient (Wildman–Crippen LogP) is 6.29. The molecule has 4 nitrogen and oxygen atoms in total. The summed E-state index contributed by atoms with van der Waals surface area (Å²) in [7, 11) is 0. The maximum Gasteiger partial charge on any atom is 0.420 e. The molecule has 0 heterocycles. The summed E-state index contributed by atoms with van der Waals surface area (Å²) < 4.78 is 134. The van der Waals surface area contributed by atoms with Crippen molar-refractivity contribution in [3.63, 3.8) is 0 Å². The molecule has 170 valence electrons. The summed E-state index contributed by atoms with van der Waals surface area (Å²) in [6, 6.07) is 2.18. The van der Waals surface area contributed by atoms with E-state index in [9.17, 15) is 39.5 Å². The molecule has 0 amide bonds. The highest BCUT2D eigenvalue weighted by Gasteiger charge is 2.40. The third-order valence-corrected chi connectivity index (χ3v) is 4.00. The van der Waals surface area contributed by atoms with Crippen molar-refractivity contribution in [2.45, 2.75) is 6.18 Å². The van der Waals surface area contributed by atoms with Crippen molar-refractivity contribution in [3.8, 4) is 23.0 Å². The van der Waals surface area contributed by atoms with E-state index >= 15 is 0 Å². The third kappa shape index (κ3) is 4.05. The van der Waals surface area contributed by atoms with Crippen LogP contribution in [0.1, 0.15) is 5.56 Å². The first kappa shape index (κ1) is 22.9. The number of rotatable bonds is 4. The van der Waals surface area contributed by atoms with Crippen molar-refractivity contribution in [2.75, 3.05) is 11.5 Å². The first-order valence-electron chi connectivity index (χ1n) is 8.24. The molecule has 13 heteroatoms. The van der Waals surface area contributed by atoms with Gasteiger partial charge in [0.05, 0.1) is 11.4 Å². The maximum absolute atomic E-state index is 14.9. The Morgan fingerprint density at radius 1 is 0.562 bits per heavy atom. The molecule has 0 aliphatic heterocycles. The molecule has 0 bridgehead atoms. The second kappa shape index (κ2) is 8.05. The Morgan fingerprint density at radius 3 is 1.41 bits per heavy atom. The van der Waals surface area contributed by atoms with Crippen molar-refractivity contribution in [1.29, 1.82) is 0 Å². The lowest BCUT2D eigenvalue weighted by Crippen LogP contribution is -2.12. The van der Waals surface area contributed by atoms with Gasteiger partial charge < -0.3 is 20.9 Å². The summed E-state index contributed by atoms with van der Waals surface area (Å²) in [6.07, 6.45) is -5.49. The van der Waals surface area contributed by atoms with E-state index < -0.39 is 81.0 Å². The van der Waals surface area contributed by atoms with Gasteiger partial charge in [-0.3, -0.25) is 0 Å². The Morgan fingerprint density at radius 2 is 0.969 bits per heavy atom. The van der Waals surface area contributed by atoms with Crippen LogP contribution in [0.3, 0.4) is 0 Å². The largest absolute Gasteiger partial charge is 0.447 e. The number of hydrogen-bond acceptors (Lipinski definition) is 4. The second-order valence-electron chi connectivity index (χ2n) is 6.14. The Kier molecular flexibility index (Phi) is 5.76. The normalized spacial score (nSPS) is 11.5. The fraction of sp³-hybridized carbons (Fsp3) is 0.0526. The SMILES string of the molecule is Nc1ccc(F)c(Oc2c(F)cc(C(F)(F)F)c(Oc3c(F)ccc(N)c3F)c2F)c1F. The van der Waals surface area contributed by atoms with Crippen LogP contribution in [-0.4, -0.2) is 0 Å². The van der Waals surface area contributed by atoms with Crippen molar-refractivity contribution >= 4 is 11.4 Å². The van der Waals surface area contributed by atoms with Crippen LogP contribution in [-0.2, 0) is 6.18 Å². The van der Waals surface area contributed by atoms with Crippen LogP contribution < -0.4 is 20.9 Å². The van der Waals surface area contributed by atoms with Crippen LogP contribution in [0.15, 0.2) is 30.3 Å². The average Bonchev–Trinajstić information content (AvgIpc) is 2.71. The minimum absolute atomic E-state index is 0.349. The van der Waals surface area contributed by atoms with Gasteiger partial charge in [0.2, 0.25) is 23.1 Å². The predicted molar refractivity (Wildman–Crippen MR) is 93.0 cm³/mol. The number of benzene rings is 3. The number of alkyl halides is 3. The van der Waals surface area contributed by atoms with E-state index in [1.54, 1.807) is 0 Å². The van der Waals surface area contributed by atoms with E-state index in [0.717, 1.165) is 6.07 Å². The number of halogens is 9. The van der Waals surface area contributed by atoms with Gasteiger partial charge in [-0.2, -0.15) is 17.6 Å². The van der Waals surface area contributed by atoms with E-state index in [-0.39, 0.29) is 6.07 Å². The van der Waals surface area contributed by atoms with Crippen molar-refractivity contribution in [2.24, 2.45) is 0 Å². The molecular weight excluding hydrogens is 459 g/mol. The Labute approximate surface area is 172 Å². The summed E-state index contributed by atoms with van der Waals surface area (Å²) in [5.74, 6) is -17.5. The number of ether oxygens (including phenoxy) is 2. The molecule has 3 aromatic carbocycles. The highest BCUT2D eigenvalue weighted by atomic mass is 19.4. The lowest BCUT2D eigenvalue weighted by atomic mass is 10.1. The van der Waals surface area contributed by atoms with Gasteiger partial charge in [0.25, 0.3) is 0 Å². The van der Waals surface area contributed by atoms with Crippen LogP contribution >= 0.6 is 0 Å². The van der Waals surface area contributed by atoms with Crippen LogP contribution in [0, 0.1) is 34.9 Å². The van der Waals surface area contributed by atoms with E-state index in [2.05, 4.69) is 9.47 Å². The molecule has 0 aliphatic rings. The number of hydrogen-bond donors (Lipinski definition) is 2. The zero-order valence-electron chi connectivity index (χ0n) is 15.3. The summed E-state index contributed by atoms with van der Waals surface area (Å²) in [6.45, 7) is 0. The van der Waals surface area contributed by atoms with E-state index in [0.29, 0.717) is 18.2 Å². The van der Waals surface area contributed by atoms with E-state index in [1.807, 2.05) is 0 Å². The van der Waals surface area contributed by atoms with E-state index in [1.165, 1.54) is 0 Å². The Balaban J connectivity index is 2.24. The van der Waals surface area contributed by atoms with Crippen LogP contribution in [0.5, 0.6) is 23.0 Å². The lowest BCUT2D eigenvalue weighted by Gasteiger charge is -2.18. The zero-order chi connectivity index (χ0) is 24.0. The summed E-state index contributed by atoms with van der Waals surface area (Å²) in [5.41, 5.74) is 6.77. The monoisotopic (exact) mass is 468 g/mol. The van der Waals surface area contributed by atoms with Gasteiger partial charge in [0.15, 0.2) is 34.8 Å². The van der Waals surface area contributed by atoms with E-state index in [4.69, 9.17) is 11.5 Å².